The first-order chi connectivity index (χ1) is 5.86. The molecule has 12 heavy (non-hydrogen) atoms. The van der Waals surface area contributed by atoms with Crippen LogP contribution in [0.25, 0.3) is 0 Å². The summed E-state index contributed by atoms with van der Waals surface area (Å²) in [7, 11) is 0. The van der Waals surface area contributed by atoms with Gasteiger partial charge in [-0.3, -0.25) is 0 Å². The van der Waals surface area contributed by atoms with Crippen molar-refractivity contribution < 1.29 is 0 Å². The molecule has 72 valence electrons. The highest BCUT2D eigenvalue weighted by Crippen LogP contribution is 2.29. The van der Waals surface area contributed by atoms with Crippen molar-refractivity contribution >= 4 is 11.8 Å². The highest BCUT2D eigenvalue weighted by molar-refractivity contribution is 7.99. The van der Waals surface area contributed by atoms with Gasteiger partial charge in [-0.2, -0.15) is 11.8 Å². The van der Waals surface area contributed by atoms with E-state index in [1.165, 1.54) is 31.4 Å². The quantitative estimate of drug-likeness (QED) is 0.710. The lowest BCUT2D eigenvalue weighted by molar-refractivity contribution is 0.543. The van der Waals surface area contributed by atoms with E-state index in [0.29, 0.717) is 0 Å². The lowest BCUT2D eigenvalue weighted by Gasteiger charge is -2.10. The van der Waals surface area contributed by atoms with E-state index in [0.717, 1.165) is 17.8 Å². The van der Waals surface area contributed by atoms with Gasteiger partial charge in [0.15, 0.2) is 0 Å². The van der Waals surface area contributed by atoms with Gasteiger partial charge in [0.2, 0.25) is 0 Å². The Morgan fingerprint density at radius 2 is 2.17 bits per heavy atom. The third-order valence-electron chi connectivity index (χ3n) is 2.43. The topological polar surface area (TPSA) is 12.0 Å². The van der Waals surface area contributed by atoms with Crippen molar-refractivity contribution in [3.05, 3.63) is 0 Å². The molecule has 1 N–H and O–H groups in total. The summed E-state index contributed by atoms with van der Waals surface area (Å²) in [4.78, 5) is 0. The van der Waals surface area contributed by atoms with E-state index in [1.807, 2.05) is 0 Å². The fourth-order valence-electron chi connectivity index (χ4n) is 1.85. The highest BCUT2D eigenvalue weighted by atomic mass is 32.2. The second-order valence-corrected chi connectivity index (χ2v) is 4.97. The van der Waals surface area contributed by atoms with Crippen LogP contribution < -0.4 is 5.32 Å². The minimum atomic E-state index is 0.823. The van der Waals surface area contributed by atoms with Crippen molar-refractivity contribution in [2.75, 3.05) is 12.3 Å². The van der Waals surface area contributed by atoms with Crippen LogP contribution in [-0.4, -0.2) is 23.6 Å². The second-order valence-electron chi connectivity index (χ2n) is 3.56. The summed E-state index contributed by atoms with van der Waals surface area (Å²) in [6.45, 7) is 5.60. The Morgan fingerprint density at radius 3 is 2.83 bits per heavy atom. The molecule has 0 radical (unpaired) electrons. The first-order valence-electron chi connectivity index (χ1n) is 5.21. The number of thioether (sulfide) groups is 1. The van der Waals surface area contributed by atoms with Gasteiger partial charge in [-0.1, -0.05) is 13.8 Å². The van der Waals surface area contributed by atoms with Gasteiger partial charge in [0.1, 0.15) is 0 Å². The minimum absolute atomic E-state index is 0.823. The van der Waals surface area contributed by atoms with Crippen LogP contribution in [0.1, 0.15) is 39.5 Å². The molecule has 0 saturated heterocycles. The lowest BCUT2D eigenvalue weighted by Crippen LogP contribution is -2.26. The Bertz CT molecular complexity index is 116. The maximum atomic E-state index is 3.54. The predicted molar refractivity (Wildman–Crippen MR) is 57.9 cm³/mol. The Balaban J connectivity index is 2.08. The van der Waals surface area contributed by atoms with Crippen LogP contribution in [0.15, 0.2) is 0 Å². The molecule has 1 rings (SSSR count). The first-order valence-corrected chi connectivity index (χ1v) is 6.26. The van der Waals surface area contributed by atoms with Gasteiger partial charge in [0, 0.05) is 11.3 Å². The fraction of sp³-hybridized carbons (Fsp3) is 1.00. The molecular weight excluding hydrogens is 166 g/mol. The Hall–Kier alpha value is 0.310. The molecule has 0 amide bonds. The Morgan fingerprint density at radius 1 is 1.33 bits per heavy atom. The van der Waals surface area contributed by atoms with Gasteiger partial charge in [0.05, 0.1) is 0 Å². The van der Waals surface area contributed by atoms with Gasteiger partial charge < -0.3 is 5.32 Å². The number of hydrogen-bond acceptors (Lipinski definition) is 2. The zero-order valence-corrected chi connectivity index (χ0v) is 9.12. The maximum absolute atomic E-state index is 3.54. The third-order valence-corrected chi connectivity index (χ3v) is 3.98. The highest BCUT2D eigenvalue weighted by Gasteiger charge is 2.23. The van der Waals surface area contributed by atoms with Crippen LogP contribution in [0, 0.1) is 0 Å². The van der Waals surface area contributed by atoms with E-state index < -0.39 is 0 Å². The number of hydrogen-bond donors (Lipinski definition) is 1. The zero-order valence-electron chi connectivity index (χ0n) is 8.31. The monoisotopic (exact) mass is 187 g/mol. The zero-order chi connectivity index (χ0) is 8.81. The SMILES string of the molecule is CCCSC1CCC(NCC)C1. The van der Waals surface area contributed by atoms with Crippen LogP contribution >= 0.6 is 11.8 Å². The van der Waals surface area contributed by atoms with Crippen LogP contribution in [0.5, 0.6) is 0 Å². The fourth-order valence-corrected chi connectivity index (χ4v) is 3.09. The summed E-state index contributed by atoms with van der Waals surface area (Å²) in [6, 6.07) is 0.823. The molecule has 1 aliphatic rings. The van der Waals surface area contributed by atoms with Crippen molar-refractivity contribution in [3.63, 3.8) is 0 Å². The molecule has 1 nitrogen and oxygen atoms in total. The van der Waals surface area contributed by atoms with Gasteiger partial charge in [-0.05, 0) is 38.0 Å². The van der Waals surface area contributed by atoms with E-state index in [9.17, 15) is 0 Å². The molecule has 2 unspecified atom stereocenters. The summed E-state index contributed by atoms with van der Waals surface area (Å²) >= 11 is 2.17. The predicted octanol–water partition coefficient (Wildman–Crippen LogP) is 2.66. The first kappa shape index (κ1) is 10.4. The average Bonchev–Trinajstić information content (AvgIpc) is 2.50. The van der Waals surface area contributed by atoms with Gasteiger partial charge in [-0.25, -0.2) is 0 Å². The van der Waals surface area contributed by atoms with E-state index in [-0.39, 0.29) is 0 Å². The van der Waals surface area contributed by atoms with E-state index in [4.69, 9.17) is 0 Å². The number of rotatable bonds is 5. The molecular formula is C10H21NS. The van der Waals surface area contributed by atoms with Crippen molar-refractivity contribution in [1.29, 1.82) is 0 Å². The van der Waals surface area contributed by atoms with Crippen LogP contribution in [0.3, 0.4) is 0 Å². The molecule has 0 aromatic carbocycles. The Kier molecular flexibility index (Phi) is 5.08. The summed E-state index contributed by atoms with van der Waals surface area (Å²) in [5, 5.41) is 4.49. The molecule has 0 aliphatic heterocycles. The van der Waals surface area contributed by atoms with Gasteiger partial charge >= 0.3 is 0 Å². The standard InChI is InChI=1S/C10H21NS/c1-3-7-12-10-6-5-9(8-10)11-4-2/h9-11H,3-8H2,1-2H3. The molecule has 1 aliphatic carbocycles. The smallest absolute Gasteiger partial charge is 0.00778 e. The summed E-state index contributed by atoms with van der Waals surface area (Å²) in [5.74, 6) is 1.35. The van der Waals surface area contributed by atoms with Gasteiger partial charge in [0.25, 0.3) is 0 Å². The maximum Gasteiger partial charge on any atom is 0.00778 e. The lowest BCUT2D eigenvalue weighted by atomic mass is 10.2. The van der Waals surface area contributed by atoms with Crippen molar-refractivity contribution in [3.8, 4) is 0 Å². The molecule has 0 bridgehead atoms. The molecule has 2 atom stereocenters. The molecule has 0 aromatic heterocycles. The van der Waals surface area contributed by atoms with Crippen LogP contribution in [-0.2, 0) is 0 Å². The number of nitrogens with one attached hydrogen (secondary N) is 1. The largest absolute Gasteiger partial charge is 0.314 e. The summed E-state index contributed by atoms with van der Waals surface area (Å²) in [6.07, 6.45) is 5.56. The summed E-state index contributed by atoms with van der Waals surface area (Å²) < 4.78 is 0. The molecule has 0 aromatic rings. The van der Waals surface area contributed by atoms with E-state index in [1.54, 1.807) is 0 Å². The van der Waals surface area contributed by atoms with Crippen molar-refractivity contribution in [1.82, 2.24) is 5.32 Å². The average molecular weight is 187 g/mol. The normalized spacial score (nSPS) is 29.5. The van der Waals surface area contributed by atoms with Crippen molar-refractivity contribution in [2.24, 2.45) is 0 Å². The molecule has 2 heteroatoms. The molecule has 1 fully saturated rings. The molecule has 1 saturated carbocycles. The van der Waals surface area contributed by atoms with Crippen molar-refractivity contribution in [2.45, 2.75) is 50.8 Å². The summed E-state index contributed by atoms with van der Waals surface area (Å²) in [5.41, 5.74) is 0. The van der Waals surface area contributed by atoms with Crippen LogP contribution in [0.2, 0.25) is 0 Å². The minimum Gasteiger partial charge on any atom is -0.314 e. The third kappa shape index (κ3) is 3.36. The Labute approximate surface area is 80.7 Å². The van der Waals surface area contributed by atoms with Crippen LogP contribution in [0.4, 0.5) is 0 Å². The molecule has 0 spiro atoms. The molecule has 0 heterocycles. The van der Waals surface area contributed by atoms with Gasteiger partial charge in [-0.15, -0.1) is 0 Å². The van der Waals surface area contributed by atoms with E-state index in [2.05, 4.69) is 30.9 Å². The van der Waals surface area contributed by atoms with E-state index >= 15 is 0 Å². The second kappa shape index (κ2) is 5.87.